The average Bonchev–Trinajstić information content (AvgIpc) is 3.61. The van der Waals surface area contributed by atoms with Crippen molar-refractivity contribution in [3.63, 3.8) is 0 Å². The van der Waals surface area contributed by atoms with E-state index in [4.69, 9.17) is 14.6 Å². The number of nitrogens with one attached hydrogen (secondary N) is 2. The monoisotopic (exact) mass is 658 g/mol. The molecule has 3 heterocycles. The third kappa shape index (κ3) is 6.58. The third-order valence-electron chi connectivity index (χ3n) is 7.13. The number of hydrogen-bond acceptors (Lipinski definition) is 6. The zero-order chi connectivity index (χ0) is 28.3. The molecule has 0 saturated carbocycles. The molecule has 2 aliphatic heterocycles. The molecule has 0 spiro atoms. The van der Waals surface area contributed by atoms with Crippen LogP contribution in [-0.4, -0.2) is 74.7 Å². The number of nitrogens with zero attached hydrogens (tertiary/aromatic N) is 4. The Morgan fingerprint density at radius 1 is 1.05 bits per heavy atom. The number of carbonyl (C=O) groups excluding carboxylic acids is 2. The summed E-state index contributed by atoms with van der Waals surface area (Å²) in [5.41, 5.74) is 3.55. The molecule has 3 aromatic rings. The van der Waals surface area contributed by atoms with E-state index in [9.17, 15) is 9.59 Å². The maximum absolute atomic E-state index is 13.5. The molecule has 0 radical (unpaired) electrons. The minimum atomic E-state index is -0.631. The maximum atomic E-state index is 13.5. The van der Waals surface area contributed by atoms with Crippen LogP contribution in [-0.2, 0) is 22.6 Å². The quantitative estimate of drug-likeness (QED) is 0.268. The molecule has 2 aromatic carbocycles. The highest BCUT2D eigenvalue weighted by atomic mass is 127. The van der Waals surface area contributed by atoms with Gasteiger partial charge in [0.25, 0.3) is 0 Å². The van der Waals surface area contributed by atoms with Gasteiger partial charge in [0.15, 0.2) is 3.61 Å². The highest BCUT2D eigenvalue weighted by Gasteiger charge is 2.37. The van der Waals surface area contributed by atoms with Crippen molar-refractivity contribution in [3.05, 3.63) is 77.5 Å². The first-order valence-electron chi connectivity index (χ1n) is 13.4. The number of amides is 3. The molecular weight excluding hydrogens is 623 g/mol. The molecule has 0 unspecified atom stereocenters. The minimum absolute atomic E-state index is 0.0854. The van der Waals surface area contributed by atoms with Gasteiger partial charge in [0, 0.05) is 38.2 Å². The minimum Gasteiger partial charge on any atom is -0.433 e. The fourth-order valence-electron chi connectivity index (χ4n) is 5.29. The van der Waals surface area contributed by atoms with E-state index in [1.165, 1.54) is 5.56 Å². The standard InChI is InChI=1S/C29H35IN6O4/c1-29(2,30)40-28(38)35-17-23-25(19-35)33-36(21-12-8-5-9-13-21)26(23)32-27(37)31-24-18-34(14-15-39-3)16-22(24)20-10-6-4-7-11-20/h4-13,22,24H,14-19H2,1-3H3,(H2,31,32,37)/t22-,24+/m0/s1. The van der Waals surface area contributed by atoms with E-state index < -0.39 is 9.70 Å². The first-order valence-corrected chi connectivity index (χ1v) is 14.5. The Labute approximate surface area is 248 Å². The van der Waals surface area contributed by atoms with Gasteiger partial charge < -0.3 is 14.8 Å². The Morgan fingerprint density at radius 2 is 1.75 bits per heavy atom. The number of aromatic nitrogens is 2. The molecule has 40 heavy (non-hydrogen) atoms. The zero-order valence-corrected chi connectivity index (χ0v) is 25.1. The van der Waals surface area contributed by atoms with Gasteiger partial charge in [-0.1, -0.05) is 48.5 Å². The van der Waals surface area contributed by atoms with Crippen molar-refractivity contribution < 1.29 is 19.1 Å². The van der Waals surface area contributed by atoms with Crippen LogP contribution >= 0.6 is 22.6 Å². The molecule has 3 amide bonds. The normalized spacial score (nSPS) is 18.9. The van der Waals surface area contributed by atoms with E-state index in [0.29, 0.717) is 25.5 Å². The van der Waals surface area contributed by atoms with Crippen molar-refractivity contribution in [3.8, 4) is 5.69 Å². The first-order chi connectivity index (χ1) is 19.2. The van der Waals surface area contributed by atoms with E-state index in [1.54, 1.807) is 16.7 Å². The second-order valence-corrected chi connectivity index (χ2v) is 13.2. The Balaban J connectivity index is 1.37. The molecule has 2 aliphatic rings. The number of benzene rings is 2. The smallest absolute Gasteiger partial charge is 0.411 e. The first kappa shape index (κ1) is 28.4. The number of fused-ring (bicyclic) bond motifs is 1. The van der Waals surface area contributed by atoms with Gasteiger partial charge in [-0.3, -0.25) is 15.1 Å². The lowest BCUT2D eigenvalue weighted by Crippen LogP contribution is -2.42. The van der Waals surface area contributed by atoms with Crippen LogP contribution in [0.5, 0.6) is 0 Å². The molecular formula is C29H35IN6O4. The summed E-state index contributed by atoms with van der Waals surface area (Å²) in [6.07, 6.45) is -0.410. The largest absolute Gasteiger partial charge is 0.433 e. The molecule has 11 heteroatoms. The molecule has 1 saturated heterocycles. The summed E-state index contributed by atoms with van der Waals surface area (Å²) in [7, 11) is 1.70. The number of urea groups is 1. The lowest BCUT2D eigenvalue weighted by molar-refractivity contribution is 0.0686. The van der Waals surface area contributed by atoms with Gasteiger partial charge in [0.05, 0.1) is 37.1 Å². The van der Waals surface area contributed by atoms with Crippen molar-refractivity contribution in [1.82, 2.24) is 24.9 Å². The molecule has 5 rings (SSSR count). The maximum Gasteiger partial charge on any atom is 0.411 e. The topological polar surface area (TPSA) is 101 Å². The van der Waals surface area contributed by atoms with E-state index in [0.717, 1.165) is 36.6 Å². The third-order valence-corrected chi connectivity index (χ3v) is 7.35. The summed E-state index contributed by atoms with van der Waals surface area (Å²) in [6, 6.07) is 19.5. The number of alkyl halides is 1. The van der Waals surface area contributed by atoms with Crippen LogP contribution in [0.2, 0.25) is 0 Å². The number of hydrogen-bond donors (Lipinski definition) is 2. The van der Waals surface area contributed by atoms with E-state index in [-0.39, 0.29) is 18.0 Å². The highest BCUT2D eigenvalue weighted by Crippen LogP contribution is 2.33. The predicted octanol–water partition coefficient (Wildman–Crippen LogP) is 4.73. The Kier molecular flexibility index (Phi) is 8.62. The number of carbonyl (C=O) groups is 2. The van der Waals surface area contributed by atoms with E-state index in [1.807, 2.05) is 62.4 Å². The van der Waals surface area contributed by atoms with Gasteiger partial charge >= 0.3 is 12.1 Å². The Morgan fingerprint density at radius 3 is 2.42 bits per heavy atom. The summed E-state index contributed by atoms with van der Waals surface area (Å²) < 4.78 is 12.0. The zero-order valence-electron chi connectivity index (χ0n) is 23.0. The number of anilines is 1. The lowest BCUT2D eigenvalue weighted by Gasteiger charge is -2.23. The second kappa shape index (κ2) is 12.1. The second-order valence-electron chi connectivity index (χ2n) is 10.6. The molecule has 1 fully saturated rings. The molecule has 0 aliphatic carbocycles. The van der Waals surface area contributed by atoms with Crippen molar-refractivity contribution in [1.29, 1.82) is 0 Å². The van der Waals surface area contributed by atoms with Crippen LogP contribution < -0.4 is 10.6 Å². The van der Waals surface area contributed by atoms with Gasteiger partial charge in [-0.15, -0.1) is 0 Å². The van der Waals surface area contributed by atoms with Crippen LogP contribution in [0.4, 0.5) is 15.4 Å². The fourth-order valence-corrected chi connectivity index (χ4v) is 5.47. The molecule has 0 bridgehead atoms. The Bertz CT molecular complexity index is 1330. The number of halogens is 1. The molecule has 10 nitrogen and oxygen atoms in total. The van der Waals surface area contributed by atoms with E-state index in [2.05, 4.69) is 50.3 Å². The summed E-state index contributed by atoms with van der Waals surface area (Å²) in [5.74, 6) is 0.698. The van der Waals surface area contributed by atoms with Gasteiger partial charge in [-0.2, -0.15) is 5.10 Å². The summed E-state index contributed by atoms with van der Waals surface area (Å²) in [4.78, 5) is 30.2. The number of rotatable bonds is 8. The van der Waals surface area contributed by atoms with Crippen LogP contribution in [0, 0.1) is 0 Å². The summed E-state index contributed by atoms with van der Waals surface area (Å²) in [5, 5.41) is 11.1. The van der Waals surface area contributed by atoms with Crippen molar-refractivity contribution in [2.75, 3.05) is 38.7 Å². The van der Waals surface area contributed by atoms with Gasteiger partial charge in [-0.25, -0.2) is 14.3 Å². The average molecular weight is 659 g/mol. The number of ether oxygens (including phenoxy) is 2. The number of para-hydroxylation sites is 1. The molecule has 2 atom stereocenters. The lowest BCUT2D eigenvalue weighted by atomic mass is 9.94. The van der Waals surface area contributed by atoms with Gasteiger partial charge in [0.1, 0.15) is 5.82 Å². The van der Waals surface area contributed by atoms with Crippen LogP contribution in [0.1, 0.15) is 36.6 Å². The highest BCUT2D eigenvalue weighted by molar-refractivity contribution is 14.1. The SMILES string of the molecule is COCCN1C[C@@H](NC(=O)Nc2c3c(nn2-c2ccccc2)CN(C(=O)OC(C)(C)I)C3)[C@H](c2ccccc2)C1. The van der Waals surface area contributed by atoms with Crippen molar-refractivity contribution in [2.45, 2.75) is 42.5 Å². The van der Waals surface area contributed by atoms with Gasteiger partial charge in [-0.05, 0) is 54.1 Å². The summed E-state index contributed by atoms with van der Waals surface area (Å²) in [6.45, 7) is 7.25. The number of likely N-dealkylation sites (tertiary alicyclic amines) is 1. The van der Waals surface area contributed by atoms with Crippen molar-refractivity contribution >= 4 is 40.5 Å². The van der Waals surface area contributed by atoms with E-state index >= 15 is 0 Å². The fraction of sp³-hybridized carbons (Fsp3) is 0.414. The van der Waals surface area contributed by atoms with Crippen molar-refractivity contribution in [2.24, 2.45) is 0 Å². The van der Waals surface area contributed by atoms with Crippen LogP contribution in [0.3, 0.4) is 0 Å². The summed E-state index contributed by atoms with van der Waals surface area (Å²) >= 11 is 2.08. The molecule has 1 aromatic heterocycles. The molecule has 2 N–H and O–H groups in total. The Hall–Kier alpha value is -3.16. The van der Waals surface area contributed by atoms with Crippen LogP contribution in [0.15, 0.2) is 60.7 Å². The number of methoxy groups -OCH3 is 1. The predicted molar refractivity (Wildman–Crippen MR) is 161 cm³/mol. The molecule has 212 valence electrons. The van der Waals surface area contributed by atoms with Gasteiger partial charge in [0.2, 0.25) is 0 Å². The van der Waals surface area contributed by atoms with Crippen LogP contribution in [0.25, 0.3) is 5.69 Å².